The van der Waals surface area contributed by atoms with Crippen LogP contribution in [0.5, 0.6) is 0 Å². The molecule has 5 atom stereocenters. The Hall–Kier alpha value is -1.94. The summed E-state index contributed by atoms with van der Waals surface area (Å²) < 4.78 is 68.4. The highest BCUT2D eigenvalue weighted by molar-refractivity contribution is 7.47. The van der Waals surface area contributed by atoms with E-state index in [-0.39, 0.29) is 25.7 Å². The molecule has 0 aliphatic rings. The maximum absolute atomic E-state index is 13.1. The zero-order valence-electron chi connectivity index (χ0n) is 59.9. The summed E-state index contributed by atoms with van der Waals surface area (Å²) in [6.07, 6.45) is 51.2. The van der Waals surface area contributed by atoms with Gasteiger partial charge in [0.15, 0.2) is 12.2 Å². The fourth-order valence-electron chi connectivity index (χ4n) is 11.1. The number of carbonyl (C=O) groups excluding carboxylic acids is 4. The van der Waals surface area contributed by atoms with Crippen LogP contribution in [0, 0.1) is 11.8 Å². The maximum Gasteiger partial charge on any atom is 0.472 e. The van der Waals surface area contributed by atoms with Crippen molar-refractivity contribution in [2.45, 2.75) is 394 Å². The molecule has 0 aromatic heterocycles. The van der Waals surface area contributed by atoms with Crippen molar-refractivity contribution in [3.63, 3.8) is 0 Å². The van der Waals surface area contributed by atoms with Gasteiger partial charge < -0.3 is 33.8 Å². The lowest BCUT2D eigenvalue weighted by atomic mass is 10.0. The molecule has 0 spiro atoms. The van der Waals surface area contributed by atoms with E-state index >= 15 is 0 Å². The Labute approximate surface area is 562 Å². The second-order valence-electron chi connectivity index (χ2n) is 27.3. The number of unbranched alkanes of at least 4 members (excludes halogenated alkanes) is 42. The van der Waals surface area contributed by atoms with Crippen molar-refractivity contribution in [1.82, 2.24) is 0 Å². The van der Waals surface area contributed by atoms with Crippen LogP contribution in [0.4, 0.5) is 0 Å². The second kappa shape index (κ2) is 65.0. The van der Waals surface area contributed by atoms with Crippen LogP contribution in [-0.2, 0) is 65.4 Å². The number of carbonyl (C=O) groups is 4. The minimum Gasteiger partial charge on any atom is -0.462 e. The van der Waals surface area contributed by atoms with Crippen LogP contribution in [0.1, 0.15) is 375 Å². The van der Waals surface area contributed by atoms with Gasteiger partial charge in [0.25, 0.3) is 0 Å². The van der Waals surface area contributed by atoms with Crippen molar-refractivity contribution in [2.24, 2.45) is 11.8 Å². The first-order chi connectivity index (χ1) is 44.4. The normalized spacial score (nSPS) is 14.1. The van der Waals surface area contributed by atoms with E-state index in [9.17, 15) is 43.2 Å². The highest BCUT2D eigenvalue weighted by atomic mass is 31.2. The molecule has 0 saturated heterocycles. The van der Waals surface area contributed by atoms with Crippen molar-refractivity contribution >= 4 is 39.5 Å². The molecule has 0 aromatic carbocycles. The number of phosphoric ester groups is 2. The molecule has 0 saturated carbocycles. The first-order valence-corrected chi connectivity index (χ1v) is 41.0. The molecule has 0 amide bonds. The quantitative estimate of drug-likeness (QED) is 0.0222. The number of rotatable bonds is 72. The third-order valence-corrected chi connectivity index (χ3v) is 18.9. The number of aliphatic hydroxyl groups is 1. The molecule has 0 aliphatic heterocycles. The molecule has 17 nitrogen and oxygen atoms in total. The Morgan fingerprint density at radius 1 is 0.293 bits per heavy atom. The third kappa shape index (κ3) is 66.7. The minimum absolute atomic E-state index is 0.107. The maximum atomic E-state index is 13.1. The average molecular weight is 1350 g/mol. The van der Waals surface area contributed by atoms with Crippen LogP contribution in [0.3, 0.4) is 0 Å². The monoisotopic (exact) mass is 1350 g/mol. The van der Waals surface area contributed by atoms with Gasteiger partial charge in [-0.3, -0.25) is 37.3 Å². The van der Waals surface area contributed by atoms with Gasteiger partial charge in [0.1, 0.15) is 19.3 Å². The Bertz CT molecular complexity index is 1790. The molecule has 92 heavy (non-hydrogen) atoms. The van der Waals surface area contributed by atoms with Gasteiger partial charge in [-0.2, -0.15) is 0 Å². The van der Waals surface area contributed by atoms with Gasteiger partial charge in [-0.25, -0.2) is 9.13 Å². The van der Waals surface area contributed by atoms with E-state index in [2.05, 4.69) is 41.5 Å². The van der Waals surface area contributed by atoms with Gasteiger partial charge in [0, 0.05) is 25.7 Å². The molecule has 19 heteroatoms. The summed E-state index contributed by atoms with van der Waals surface area (Å²) >= 11 is 0. The summed E-state index contributed by atoms with van der Waals surface area (Å²) in [4.78, 5) is 72.6. The largest absolute Gasteiger partial charge is 0.472 e. The molecular formula is C73H142O17P2. The number of hydrogen-bond donors (Lipinski definition) is 3. The zero-order valence-corrected chi connectivity index (χ0v) is 61.6. The van der Waals surface area contributed by atoms with Gasteiger partial charge in [0.2, 0.25) is 0 Å². The summed E-state index contributed by atoms with van der Waals surface area (Å²) in [5.41, 5.74) is 0. The van der Waals surface area contributed by atoms with Gasteiger partial charge in [-0.05, 0) is 37.5 Å². The number of hydrogen-bond acceptors (Lipinski definition) is 15. The van der Waals surface area contributed by atoms with Crippen molar-refractivity contribution in [3.05, 3.63) is 0 Å². The Kier molecular flexibility index (Phi) is 63.7. The van der Waals surface area contributed by atoms with Crippen molar-refractivity contribution in [2.75, 3.05) is 39.6 Å². The van der Waals surface area contributed by atoms with Crippen LogP contribution < -0.4 is 0 Å². The fraction of sp³-hybridized carbons (Fsp3) is 0.945. The van der Waals surface area contributed by atoms with E-state index in [0.717, 1.165) is 108 Å². The average Bonchev–Trinajstić information content (AvgIpc) is 2.53. The molecular weight excluding hydrogens is 1210 g/mol. The minimum atomic E-state index is -4.95. The first-order valence-electron chi connectivity index (χ1n) is 38.0. The topological polar surface area (TPSA) is 237 Å². The number of esters is 4. The van der Waals surface area contributed by atoms with Crippen molar-refractivity contribution in [1.29, 1.82) is 0 Å². The van der Waals surface area contributed by atoms with E-state index in [1.807, 2.05) is 0 Å². The molecule has 0 radical (unpaired) electrons. The molecule has 0 rings (SSSR count). The third-order valence-electron chi connectivity index (χ3n) is 17.0. The van der Waals surface area contributed by atoms with Gasteiger partial charge in [0.05, 0.1) is 26.4 Å². The van der Waals surface area contributed by atoms with E-state index in [4.69, 9.17) is 37.0 Å². The Morgan fingerprint density at radius 2 is 0.500 bits per heavy atom. The summed E-state index contributed by atoms with van der Waals surface area (Å²) in [7, 11) is -9.90. The van der Waals surface area contributed by atoms with Gasteiger partial charge >= 0.3 is 39.5 Å². The standard InChI is InChI=1S/C73H142O17P2/c1-7-9-11-13-15-17-18-20-28-33-39-45-51-57-72(77)89-68(61-83-70(75)55-49-43-37-16-14-12-10-8-2)63-87-91(79,80)85-59-67(74)60-86-92(81,82)88-64-69(62-84-71(76)56-50-44-38-32-27-24-23-26-31-36-42-48-54-66(5)6)90-73(78)58-52-46-40-34-29-22-19-21-25-30-35-41-47-53-65(3)4/h65-69,74H,7-64H2,1-6H3,(H,79,80)(H,81,82)/t67-,68+,69+/m0/s1. The molecule has 0 bridgehead atoms. The van der Waals surface area contributed by atoms with Crippen LogP contribution >= 0.6 is 15.6 Å². The molecule has 0 aromatic rings. The lowest BCUT2D eigenvalue weighted by Gasteiger charge is -2.21. The lowest BCUT2D eigenvalue weighted by molar-refractivity contribution is -0.161. The molecule has 0 aliphatic carbocycles. The Balaban J connectivity index is 5.22. The summed E-state index contributed by atoms with van der Waals surface area (Å²) in [6.45, 7) is 9.58. The highest BCUT2D eigenvalue weighted by Gasteiger charge is 2.30. The van der Waals surface area contributed by atoms with Crippen molar-refractivity contribution < 1.29 is 80.2 Å². The number of aliphatic hydroxyl groups excluding tert-OH is 1. The van der Waals surface area contributed by atoms with Crippen LogP contribution in [0.2, 0.25) is 0 Å². The Morgan fingerprint density at radius 3 is 0.739 bits per heavy atom. The molecule has 0 fully saturated rings. The zero-order chi connectivity index (χ0) is 67.9. The fourth-order valence-corrected chi connectivity index (χ4v) is 12.7. The van der Waals surface area contributed by atoms with Gasteiger partial charge in [-0.15, -0.1) is 0 Å². The molecule has 2 unspecified atom stereocenters. The summed E-state index contributed by atoms with van der Waals surface area (Å²) in [6, 6.07) is 0. The lowest BCUT2D eigenvalue weighted by Crippen LogP contribution is -2.30. The van der Waals surface area contributed by atoms with E-state index in [0.29, 0.717) is 25.7 Å². The SMILES string of the molecule is CCCCCCCCCCCCCCCC(=O)O[C@H](COC(=O)CCCCCCCCCC)COP(=O)(O)OC[C@H](O)COP(=O)(O)OC[C@@H](COC(=O)CCCCCCCCCCCCCCC(C)C)OC(=O)CCCCCCCCCCCCCCCC(C)C. The van der Waals surface area contributed by atoms with Crippen molar-refractivity contribution in [3.8, 4) is 0 Å². The van der Waals surface area contributed by atoms with E-state index in [1.54, 1.807) is 0 Å². The number of phosphoric acid groups is 2. The molecule has 546 valence electrons. The predicted octanol–water partition coefficient (Wildman–Crippen LogP) is 21.2. The second-order valence-corrected chi connectivity index (χ2v) is 30.2. The first kappa shape index (κ1) is 90.1. The van der Waals surface area contributed by atoms with Crippen LogP contribution in [0.25, 0.3) is 0 Å². The smallest absolute Gasteiger partial charge is 0.462 e. The molecule has 3 N–H and O–H groups in total. The summed E-state index contributed by atoms with van der Waals surface area (Å²) in [5, 5.41) is 10.6. The van der Waals surface area contributed by atoms with Crippen LogP contribution in [0.15, 0.2) is 0 Å². The highest BCUT2D eigenvalue weighted by Crippen LogP contribution is 2.45. The van der Waals surface area contributed by atoms with Crippen LogP contribution in [-0.4, -0.2) is 96.7 Å². The number of ether oxygens (including phenoxy) is 4. The molecule has 0 heterocycles. The summed E-state index contributed by atoms with van der Waals surface area (Å²) in [5.74, 6) is -0.552. The van der Waals surface area contributed by atoms with E-state index in [1.165, 1.54) is 186 Å². The van der Waals surface area contributed by atoms with Gasteiger partial charge in [-0.1, -0.05) is 324 Å². The van der Waals surface area contributed by atoms with E-state index < -0.39 is 97.5 Å². The predicted molar refractivity (Wildman–Crippen MR) is 372 cm³/mol.